The van der Waals surface area contributed by atoms with Crippen LogP contribution >= 0.6 is 11.3 Å². The minimum Gasteiger partial charge on any atom is -0.394 e. The Bertz CT molecular complexity index is 1100. The lowest BCUT2D eigenvalue weighted by Crippen LogP contribution is -2.56. The highest BCUT2D eigenvalue weighted by molar-refractivity contribution is 7.17. The molecule has 14 nitrogen and oxygen atoms in total. The van der Waals surface area contributed by atoms with Gasteiger partial charge >= 0.3 is 0 Å². The van der Waals surface area contributed by atoms with E-state index in [1.165, 1.54) is 16.8 Å². The summed E-state index contributed by atoms with van der Waals surface area (Å²) in [4.78, 5) is 42.9. The zero-order valence-electron chi connectivity index (χ0n) is 20.6. The fourth-order valence-electron chi connectivity index (χ4n) is 3.85. The number of aliphatic hydroxyl groups is 4. The van der Waals surface area contributed by atoms with Crippen molar-refractivity contribution in [2.45, 2.75) is 44.0 Å². The van der Waals surface area contributed by atoms with Crippen LogP contribution in [0.5, 0.6) is 0 Å². The second kappa shape index (κ2) is 12.6. The highest BCUT2D eigenvalue weighted by atomic mass is 32.1. The van der Waals surface area contributed by atoms with Gasteiger partial charge in [0.1, 0.15) is 35.0 Å². The standard InChI is InChI=1S/C22H32N6O8S/c1-11-18(37-22(25-11)24-10-30)20(35)26-12-7-13(19(34)23-5-4-6-27(2)3)28(8-12)21-17(33)16(32)15(31)14(9-29)36-21/h7-8,10,14-17,21,29,31-33H,4-6,9H2,1-3H3,(H,23,34)(H,26,35)(H,24,25,30)/t14-,15-,16-,17-,21+/m1/s1. The normalized spacial score (nSPS) is 23.6. The number of aliphatic hydroxyl groups excluding tert-OH is 4. The third-order valence-electron chi connectivity index (χ3n) is 5.73. The molecule has 0 aliphatic carbocycles. The summed E-state index contributed by atoms with van der Waals surface area (Å²) >= 11 is 0.968. The van der Waals surface area contributed by atoms with Gasteiger partial charge in [-0.25, -0.2) is 4.98 Å². The molecule has 15 heteroatoms. The van der Waals surface area contributed by atoms with E-state index in [1.54, 1.807) is 6.92 Å². The predicted molar refractivity (Wildman–Crippen MR) is 133 cm³/mol. The number of carbonyl (C=O) groups is 3. The van der Waals surface area contributed by atoms with Gasteiger partial charge < -0.3 is 50.6 Å². The van der Waals surface area contributed by atoms with Crippen molar-refractivity contribution in [1.82, 2.24) is 19.8 Å². The van der Waals surface area contributed by atoms with E-state index in [2.05, 4.69) is 20.9 Å². The maximum Gasteiger partial charge on any atom is 0.268 e. The fourth-order valence-corrected chi connectivity index (χ4v) is 4.67. The molecule has 1 saturated heterocycles. The third-order valence-corrected chi connectivity index (χ3v) is 6.82. The first-order valence-corrected chi connectivity index (χ1v) is 12.3. The summed E-state index contributed by atoms with van der Waals surface area (Å²) in [5.41, 5.74) is 0.575. The number of rotatable bonds is 11. The average molecular weight is 541 g/mol. The second-order valence-corrected chi connectivity index (χ2v) is 9.80. The molecule has 204 valence electrons. The topological polar surface area (TPSA) is 199 Å². The first-order chi connectivity index (χ1) is 17.6. The lowest BCUT2D eigenvalue weighted by Gasteiger charge is -2.40. The van der Waals surface area contributed by atoms with E-state index < -0.39 is 49.1 Å². The molecule has 2 aromatic heterocycles. The number of hydrogen-bond donors (Lipinski definition) is 7. The number of amides is 3. The molecule has 0 bridgehead atoms. The van der Waals surface area contributed by atoms with Crippen molar-refractivity contribution in [2.75, 3.05) is 44.4 Å². The van der Waals surface area contributed by atoms with Crippen LogP contribution < -0.4 is 16.0 Å². The van der Waals surface area contributed by atoms with Crippen LogP contribution in [0.1, 0.15) is 38.5 Å². The van der Waals surface area contributed by atoms with E-state index in [4.69, 9.17) is 4.74 Å². The second-order valence-electron chi connectivity index (χ2n) is 8.80. The molecule has 5 atom stereocenters. The molecule has 0 aromatic carbocycles. The maximum absolute atomic E-state index is 13.0. The summed E-state index contributed by atoms with van der Waals surface area (Å²) in [6.45, 7) is 2.06. The van der Waals surface area contributed by atoms with Crippen LogP contribution in [0.3, 0.4) is 0 Å². The molecular weight excluding hydrogens is 508 g/mol. The van der Waals surface area contributed by atoms with Gasteiger partial charge in [0, 0.05) is 12.7 Å². The van der Waals surface area contributed by atoms with Gasteiger partial charge in [0.05, 0.1) is 18.0 Å². The molecule has 3 rings (SSSR count). The first-order valence-electron chi connectivity index (χ1n) is 11.5. The molecule has 1 fully saturated rings. The molecule has 2 aromatic rings. The van der Waals surface area contributed by atoms with Crippen LogP contribution in [0.15, 0.2) is 12.3 Å². The Morgan fingerprint density at radius 1 is 1.22 bits per heavy atom. The minimum absolute atomic E-state index is 0.00817. The van der Waals surface area contributed by atoms with Crippen LogP contribution in [0.2, 0.25) is 0 Å². The predicted octanol–water partition coefficient (Wildman–Crippen LogP) is -1.27. The van der Waals surface area contributed by atoms with Crippen molar-refractivity contribution in [2.24, 2.45) is 0 Å². The summed E-state index contributed by atoms with van der Waals surface area (Å²) in [5, 5.41) is 48.6. The molecule has 0 unspecified atom stereocenters. The van der Waals surface area contributed by atoms with Gasteiger partial charge in [-0.05, 0) is 40.1 Å². The van der Waals surface area contributed by atoms with E-state index in [9.17, 15) is 34.8 Å². The summed E-state index contributed by atoms with van der Waals surface area (Å²) in [7, 11) is 3.81. The van der Waals surface area contributed by atoms with Crippen LogP contribution in [0.4, 0.5) is 10.8 Å². The molecule has 0 radical (unpaired) electrons. The van der Waals surface area contributed by atoms with Crippen molar-refractivity contribution in [3.63, 3.8) is 0 Å². The van der Waals surface area contributed by atoms with Crippen molar-refractivity contribution < 1.29 is 39.5 Å². The fraction of sp³-hybridized carbons (Fsp3) is 0.545. The van der Waals surface area contributed by atoms with Gasteiger partial charge in [0.25, 0.3) is 11.8 Å². The summed E-state index contributed by atoms with van der Waals surface area (Å²) in [5.74, 6) is -1.07. The van der Waals surface area contributed by atoms with Crippen LogP contribution in [0, 0.1) is 6.92 Å². The number of ether oxygens (including phenoxy) is 1. The van der Waals surface area contributed by atoms with Crippen molar-refractivity contribution >= 4 is 40.4 Å². The Hall–Kier alpha value is -2.92. The zero-order valence-corrected chi connectivity index (χ0v) is 21.4. The Kier molecular flexibility index (Phi) is 9.72. The molecule has 0 saturated carbocycles. The Labute approximate surface area is 216 Å². The van der Waals surface area contributed by atoms with E-state index in [0.29, 0.717) is 25.1 Å². The average Bonchev–Trinajstić information content (AvgIpc) is 3.43. The van der Waals surface area contributed by atoms with Gasteiger partial charge in [-0.3, -0.25) is 14.4 Å². The highest BCUT2D eigenvalue weighted by Gasteiger charge is 2.45. The zero-order chi connectivity index (χ0) is 27.3. The number of nitrogens with zero attached hydrogens (tertiary/aromatic N) is 3. The molecule has 7 N–H and O–H groups in total. The van der Waals surface area contributed by atoms with Gasteiger partial charge in [-0.1, -0.05) is 11.3 Å². The smallest absolute Gasteiger partial charge is 0.268 e. The maximum atomic E-state index is 13.0. The highest BCUT2D eigenvalue weighted by Crippen LogP contribution is 2.32. The Balaban J connectivity index is 1.89. The summed E-state index contributed by atoms with van der Waals surface area (Å²) < 4.78 is 6.86. The number of thiazole rings is 1. The number of aromatic nitrogens is 2. The van der Waals surface area contributed by atoms with Gasteiger partial charge in [-0.2, -0.15) is 0 Å². The molecule has 1 aliphatic heterocycles. The molecule has 37 heavy (non-hydrogen) atoms. The van der Waals surface area contributed by atoms with Crippen molar-refractivity contribution in [1.29, 1.82) is 0 Å². The van der Waals surface area contributed by atoms with Crippen LogP contribution in [-0.4, -0.2) is 111 Å². The third kappa shape index (κ3) is 6.70. The number of carbonyl (C=O) groups excluding carboxylic acids is 3. The molecule has 0 spiro atoms. The lowest BCUT2D eigenvalue weighted by atomic mass is 9.98. The van der Waals surface area contributed by atoms with Crippen LogP contribution in [0.25, 0.3) is 0 Å². The quantitative estimate of drug-likeness (QED) is 0.133. The van der Waals surface area contributed by atoms with Crippen molar-refractivity contribution in [3.05, 3.63) is 28.5 Å². The van der Waals surface area contributed by atoms with E-state index in [-0.39, 0.29) is 21.4 Å². The SMILES string of the molecule is Cc1nc(NC=O)sc1C(=O)Nc1cc(C(=O)NCCCN(C)C)n([C@H]2O[C@H](CO)[C@@H](O)[C@@H](O)[C@H]2O)c1. The molecule has 3 heterocycles. The largest absolute Gasteiger partial charge is 0.394 e. The van der Waals surface area contributed by atoms with E-state index in [1.807, 2.05) is 19.0 Å². The monoisotopic (exact) mass is 540 g/mol. The lowest BCUT2D eigenvalue weighted by molar-refractivity contribution is -0.251. The minimum atomic E-state index is -1.66. The van der Waals surface area contributed by atoms with Gasteiger partial charge in [0.15, 0.2) is 11.4 Å². The van der Waals surface area contributed by atoms with E-state index in [0.717, 1.165) is 17.9 Å². The molecule has 1 aliphatic rings. The Morgan fingerprint density at radius 2 is 1.95 bits per heavy atom. The number of aryl methyl sites for hydroxylation is 1. The number of anilines is 2. The summed E-state index contributed by atoms with van der Waals surface area (Å²) in [6.07, 6.45) is -4.95. The first kappa shape index (κ1) is 28.6. The van der Waals surface area contributed by atoms with Crippen molar-refractivity contribution in [3.8, 4) is 0 Å². The summed E-state index contributed by atoms with van der Waals surface area (Å²) in [6, 6.07) is 1.38. The van der Waals surface area contributed by atoms with Gasteiger partial charge in [-0.15, -0.1) is 0 Å². The molecular formula is C22H32N6O8S. The number of hydrogen-bond acceptors (Lipinski definition) is 11. The van der Waals surface area contributed by atoms with E-state index >= 15 is 0 Å². The molecule has 3 amide bonds. The van der Waals surface area contributed by atoms with Gasteiger partial charge in [0.2, 0.25) is 6.41 Å². The number of nitrogens with one attached hydrogen (secondary N) is 3. The Morgan fingerprint density at radius 3 is 2.59 bits per heavy atom. The van der Waals surface area contributed by atoms with Crippen LogP contribution in [-0.2, 0) is 9.53 Å².